The monoisotopic (exact) mass is 667 g/mol. The highest BCUT2D eigenvalue weighted by Crippen LogP contribution is 2.46. The summed E-state index contributed by atoms with van der Waals surface area (Å²) in [4.78, 5) is 15.2. The number of para-hydroxylation sites is 1. The van der Waals surface area contributed by atoms with Gasteiger partial charge in [0.25, 0.3) is 0 Å². The van der Waals surface area contributed by atoms with E-state index in [2.05, 4.69) is 146 Å². The molecule has 5 nitrogen and oxygen atoms in total. The number of hydrogen-bond acceptors (Lipinski definition) is 5. The van der Waals surface area contributed by atoms with Crippen LogP contribution in [0.15, 0.2) is 168 Å². The van der Waals surface area contributed by atoms with Crippen LogP contribution >= 0.6 is 0 Å². The minimum Gasteiger partial charge on any atom is -0.461 e. The number of rotatable bonds is 4. The number of aromatic nitrogens is 3. The van der Waals surface area contributed by atoms with E-state index in [4.69, 9.17) is 24.1 Å². The Kier molecular flexibility index (Phi) is 6.31. The molecule has 0 amide bonds. The third-order valence-electron chi connectivity index (χ3n) is 10.5. The van der Waals surface area contributed by atoms with Crippen molar-refractivity contribution in [2.45, 2.75) is 12.3 Å². The molecule has 2 aliphatic rings. The van der Waals surface area contributed by atoms with Crippen LogP contribution in [0.1, 0.15) is 23.7 Å². The summed E-state index contributed by atoms with van der Waals surface area (Å²) in [5.74, 6) is 3.88. The number of hydrogen-bond donors (Lipinski definition) is 0. The molecule has 5 heteroatoms. The molecule has 1 aliphatic heterocycles. The highest BCUT2D eigenvalue weighted by molar-refractivity contribution is 6.07. The molecule has 11 rings (SSSR count). The molecule has 9 aromatic rings. The fourth-order valence-corrected chi connectivity index (χ4v) is 7.76. The first-order valence-electron chi connectivity index (χ1n) is 17.6. The van der Waals surface area contributed by atoms with Crippen LogP contribution in [0.4, 0.5) is 0 Å². The lowest BCUT2D eigenvalue weighted by Crippen LogP contribution is -2.07. The third kappa shape index (κ3) is 4.74. The average Bonchev–Trinajstić information content (AvgIpc) is 3.77. The highest BCUT2D eigenvalue weighted by atomic mass is 16.5. The number of allylic oxidation sites excluding steroid dienone is 4. The zero-order valence-electron chi connectivity index (χ0n) is 28.0. The van der Waals surface area contributed by atoms with Crippen LogP contribution in [0.3, 0.4) is 0 Å². The van der Waals surface area contributed by atoms with Crippen molar-refractivity contribution in [2.24, 2.45) is 0 Å². The van der Waals surface area contributed by atoms with Crippen LogP contribution in [-0.2, 0) is 0 Å². The van der Waals surface area contributed by atoms with Gasteiger partial charge in [0.2, 0.25) is 0 Å². The van der Waals surface area contributed by atoms with Gasteiger partial charge in [-0.25, -0.2) is 15.0 Å². The topological polar surface area (TPSA) is 61.0 Å². The maximum Gasteiger partial charge on any atom is 0.164 e. The van der Waals surface area contributed by atoms with E-state index in [-0.39, 0.29) is 5.92 Å². The summed E-state index contributed by atoms with van der Waals surface area (Å²) in [7, 11) is 0. The molecular formula is C47H29N3O2. The molecule has 1 unspecified atom stereocenters. The number of fused-ring (bicyclic) bond motifs is 8. The molecule has 0 saturated heterocycles. The largest absolute Gasteiger partial charge is 0.461 e. The Morgan fingerprint density at radius 3 is 1.90 bits per heavy atom. The average molecular weight is 668 g/mol. The second-order valence-corrected chi connectivity index (χ2v) is 13.6. The van der Waals surface area contributed by atoms with Gasteiger partial charge >= 0.3 is 0 Å². The summed E-state index contributed by atoms with van der Waals surface area (Å²) in [5, 5.41) is 6.89. The van der Waals surface area contributed by atoms with Crippen molar-refractivity contribution < 1.29 is 9.15 Å². The van der Waals surface area contributed by atoms with Gasteiger partial charge in [0.1, 0.15) is 22.7 Å². The first-order chi connectivity index (χ1) is 25.7. The Labute approximate surface area is 299 Å². The Balaban J connectivity index is 1.02. The first kappa shape index (κ1) is 28.9. The zero-order chi connectivity index (χ0) is 34.2. The number of benzene rings is 7. The fraction of sp³-hybridized carbons (Fsp3) is 0.0426. The van der Waals surface area contributed by atoms with Gasteiger partial charge in [0, 0.05) is 39.0 Å². The van der Waals surface area contributed by atoms with Gasteiger partial charge < -0.3 is 9.15 Å². The number of furan rings is 1. The summed E-state index contributed by atoms with van der Waals surface area (Å²) >= 11 is 0. The van der Waals surface area contributed by atoms with Crippen molar-refractivity contribution in [1.82, 2.24) is 15.0 Å². The molecule has 3 heterocycles. The lowest BCUT2D eigenvalue weighted by atomic mass is 9.89. The minimum atomic E-state index is 0.207. The van der Waals surface area contributed by atoms with Crippen molar-refractivity contribution in [3.63, 3.8) is 0 Å². The Morgan fingerprint density at radius 1 is 0.481 bits per heavy atom. The van der Waals surface area contributed by atoms with E-state index < -0.39 is 0 Å². The van der Waals surface area contributed by atoms with Crippen molar-refractivity contribution in [3.8, 4) is 39.7 Å². The van der Waals surface area contributed by atoms with Gasteiger partial charge in [-0.15, -0.1) is 0 Å². The molecule has 7 aromatic carbocycles. The van der Waals surface area contributed by atoms with E-state index in [0.29, 0.717) is 17.5 Å². The van der Waals surface area contributed by atoms with Crippen LogP contribution in [0, 0.1) is 0 Å². The molecule has 0 bridgehead atoms. The predicted octanol–water partition coefficient (Wildman–Crippen LogP) is 11.9. The third-order valence-corrected chi connectivity index (χ3v) is 10.5. The van der Waals surface area contributed by atoms with Gasteiger partial charge in [-0.3, -0.25) is 0 Å². The maximum absolute atomic E-state index is 6.45. The normalized spacial score (nSPS) is 15.0. The lowest BCUT2D eigenvalue weighted by molar-refractivity contribution is 0.426. The number of ether oxygens (including phenoxy) is 1. The van der Waals surface area contributed by atoms with Gasteiger partial charge in [0.15, 0.2) is 17.5 Å². The second-order valence-electron chi connectivity index (χ2n) is 13.6. The maximum atomic E-state index is 6.45. The van der Waals surface area contributed by atoms with E-state index in [9.17, 15) is 0 Å². The zero-order valence-corrected chi connectivity index (χ0v) is 28.0. The van der Waals surface area contributed by atoms with Crippen LogP contribution in [0.25, 0.3) is 83.0 Å². The SMILES string of the molecule is C1=C(c2nc(-c3ccc4ccccc4c3)nc(-c3ccc4c(c3)oc3ccc(-c5ccc6ccccc6c5)cc34)n2)C=C2Oc3ccccc3C2C1. The molecule has 0 N–H and O–H groups in total. The standard InChI is InChI=1S/C47H29N3O2/c1-3-9-30-23-32(15-13-28(30)7-1)33-19-22-42-40(25-33)39-21-18-36(27-44(39)52-42)47-49-45(34-16-14-29-8-2-4-10-31(29)24-34)48-46(50-47)35-17-20-38-37-11-5-6-12-41(37)51-43(38)26-35/h1-19,21-27,38H,20H2. The molecule has 0 radical (unpaired) electrons. The molecule has 2 aromatic heterocycles. The molecule has 244 valence electrons. The Hall–Kier alpha value is -6.85. The molecule has 0 spiro atoms. The summed E-state index contributed by atoms with van der Waals surface area (Å²) in [6.45, 7) is 0. The molecule has 0 saturated carbocycles. The number of nitrogens with zero attached hydrogens (tertiary/aromatic N) is 3. The second kappa shape index (κ2) is 11.3. The predicted molar refractivity (Wildman–Crippen MR) is 209 cm³/mol. The van der Waals surface area contributed by atoms with Crippen molar-refractivity contribution in [3.05, 3.63) is 175 Å². The van der Waals surface area contributed by atoms with Crippen molar-refractivity contribution >= 4 is 49.1 Å². The molecule has 1 aliphatic carbocycles. The van der Waals surface area contributed by atoms with Crippen LogP contribution < -0.4 is 4.74 Å². The van der Waals surface area contributed by atoms with Crippen molar-refractivity contribution in [1.29, 1.82) is 0 Å². The Bertz CT molecular complexity index is 2990. The van der Waals surface area contributed by atoms with E-state index in [1.165, 1.54) is 27.3 Å². The van der Waals surface area contributed by atoms with E-state index >= 15 is 0 Å². The van der Waals surface area contributed by atoms with Crippen LogP contribution in [0.5, 0.6) is 5.75 Å². The van der Waals surface area contributed by atoms with E-state index in [0.717, 1.165) is 67.5 Å². The molecule has 1 atom stereocenters. The van der Waals surface area contributed by atoms with E-state index in [1.54, 1.807) is 0 Å². The fourth-order valence-electron chi connectivity index (χ4n) is 7.76. The van der Waals surface area contributed by atoms with Gasteiger partial charge in [-0.1, -0.05) is 109 Å². The summed E-state index contributed by atoms with van der Waals surface area (Å²) in [5.41, 5.74) is 7.90. The lowest BCUT2D eigenvalue weighted by Gasteiger charge is -2.16. The summed E-state index contributed by atoms with van der Waals surface area (Å²) < 4.78 is 12.8. The minimum absolute atomic E-state index is 0.207. The molecule has 0 fully saturated rings. The Morgan fingerprint density at radius 2 is 1.10 bits per heavy atom. The molecular weight excluding hydrogens is 639 g/mol. The van der Waals surface area contributed by atoms with Gasteiger partial charge in [-0.05, 0) is 87.6 Å². The van der Waals surface area contributed by atoms with Gasteiger partial charge in [0.05, 0.1) is 0 Å². The first-order valence-corrected chi connectivity index (χ1v) is 17.6. The molecule has 52 heavy (non-hydrogen) atoms. The highest BCUT2D eigenvalue weighted by Gasteiger charge is 2.31. The van der Waals surface area contributed by atoms with Gasteiger partial charge in [-0.2, -0.15) is 0 Å². The van der Waals surface area contributed by atoms with E-state index in [1.807, 2.05) is 12.1 Å². The smallest absolute Gasteiger partial charge is 0.164 e. The quantitative estimate of drug-likeness (QED) is 0.187. The van der Waals surface area contributed by atoms with Crippen molar-refractivity contribution in [2.75, 3.05) is 0 Å². The summed E-state index contributed by atoms with van der Waals surface area (Å²) in [6.07, 6.45) is 5.13. The van der Waals surface area contributed by atoms with Crippen LogP contribution in [0.2, 0.25) is 0 Å². The van der Waals surface area contributed by atoms with Crippen LogP contribution in [-0.4, -0.2) is 15.0 Å². The summed E-state index contributed by atoms with van der Waals surface area (Å²) in [6, 6.07) is 50.7.